The van der Waals surface area contributed by atoms with Crippen LogP contribution in [0.1, 0.15) is 52.8 Å². The van der Waals surface area contributed by atoms with Gasteiger partial charge in [-0.3, -0.25) is 0 Å². The van der Waals surface area contributed by atoms with Crippen molar-refractivity contribution in [1.29, 1.82) is 0 Å². The SMILES string of the molecule is CNc1cc(N2CCCC(C)(O)CC2)nc(C(C)(C)C)n1. The first kappa shape index (κ1) is 16.0. The molecule has 5 nitrogen and oxygen atoms in total. The van der Waals surface area contributed by atoms with Gasteiger partial charge >= 0.3 is 0 Å². The number of anilines is 2. The molecule has 5 heteroatoms. The lowest BCUT2D eigenvalue weighted by molar-refractivity contribution is 0.0481. The summed E-state index contributed by atoms with van der Waals surface area (Å²) < 4.78 is 0. The molecule has 2 heterocycles. The zero-order valence-electron chi connectivity index (χ0n) is 13.9. The summed E-state index contributed by atoms with van der Waals surface area (Å²) >= 11 is 0. The largest absolute Gasteiger partial charge is 0.390 e. The van der Waals surface area contributed by atoms with E-state index in [4.69, 9.17) is 4.98 Å². The Morgan fingerprint density at radius 2 is 1.95 bits per heavy atom. The van der Waals surface area contributed by atoms with Crippen LogP contribution in [0.2, 0.25) is 0 Å². The molecule has 1 unspecified atom stereocenters. The average Bonchev–Trinajstić information content (AvgIpc) is 2.58. The Kier molecular flexibility index (Phi) is 4.42. The van der Waals surface area contributed by atoms with Crippen molar-refractivity contribution in [2.24, 2.45) is 0 Å². The standard InChI is InChI=1S/C16H28N4O/c1-15(2,3)14-18-12(17-5)11-13(19-14)20-9-6-7-16(4,21)8-10-20/h11,21H,6-10H2,1-5H3,(H,17,18,19). The topological polar surface area (TPSA) is 61.3 Å². The summed E-state index contributed by atoms with van der Waals surface area (Å²) in [6.45, 7) is 10.1. The Morgan fingerprint density at radius 1 is 1.24 bits per heavy atom. The van der Waals surface area contributed by atoms with Gasteiger partial charge in [-0.1, -0.05) is 20.8 Å². The van der Waals surface area contributed by atoms with Gasteiger partial charge in [0.1, 0.15) is 17.5 Å². The molecule has 0 bridgehead atoms. The van der Waals surface area contributed by atoms with E-state index in [9.17, 15) is 5.11 Å². The quantitative estimate of drug-likeness (QED) is 0.877. The number of rotatable bonds is 2. The summed E-state index contributed by atoms with van der Waals surface area (Å²) in [5, 5.41) is 13.4. The van der Waals surface area contributed by atoms with E-state index in [1.807, 2.05) is 20.0 Å². The molecule has 1 aliphatic heterocycles. The number of hydrogen-bond donors (Lipinski definition) is 2. The minimum Gasteiger partial charge on any atom is -0.390 e. The van der Waals surface area contributed by atoms with E-state index < -0.39 is 5.60 Å². The van der Waals surface area contributed by atoms with Crippen molar-refractivity contribution in [3.63, 3.8) is 0 Å². The second-order valence-electron chi connectivity index (χ2n) is 7.27. The molecular formula is C16H28N4O. The predicted octanol–water partition coefficient (Wildman–Crippen LogP) is 2.56. The molecule has 1 fully saturated rings. The zero-order chi connectivity index (χ0) is 15.7. The number of aliphatic hydroxyl groups is 1. The number of aromatic nitrogens is 2. The molecule has 0 radical (unpaired) electrons. The third-order valence-electron chi connectivity index (χ3n) is 4.03. The van der Waals surface area contributed by atoms with E-state index in [1.54, 1.807) is 0 Å². The second-order valence-corrected chi connectivity index (χ2v) is 7.27. The van der Waals surface area contributed by atoms with Crippen LogP contribution in [0, 0.1) is 0 Å². The van der Waals surface area contributed by atoms with Crippen molar-refractivity contribution in [3.05, 3.63) is 11.9 Å². The molecular weight excluding hydrogens is 264 g/mol. The number of nitrogens with one attached hydrogen (secondary N) is 1. The molecule has 118 valence electrons. The molecule has 0 aromatic carbocycles. The molecule has 1 aliphatic rings. The van der Waals surface area contributed by atoms with Crippen molar-refractivity contribution >= 4 is 11.6 Å². The van der Waals surface area contributed by atoms with Crippen LogP contribution in [0.5, 0.6) is 0 Å². The molecule has 1 aromatic rings. The molecule has 1 saturated heterocycles. The summed E-state index contributed by atoms with van der Waals surface area (Å²) in [4.78, 5) is 11.6. The summed E-state index contributed by atoms with van der Waals surface area (Å²) in [6, 6.07) is 2.00. The van der Waals surface area contributed by atoms with E-state index in [0.29, 0.717) is 0 Å². The summed E-state index contributed by atoms with van der Waals surface area (Å²) in [7, 11) is 1.88. The van der Waals surface area contributed by atoms with E-state index in [-0.39, 0.29) is 5.41 Å². The van der Waals surface area contributed by atoms with Crippen LogP contribution in [0.25, 0.3) is 0 Å². The van der Waals surface area contributed by atoms with Crippen molar-refractivity contribution < 1.29 is 5.11 Å². The van der Waals surface area contributed by atoms with Crippen LogP contribution in [-0.2, 0) is 5.41 Å². The Morgan fingerprint density at radius 3 is 2.57 bits per heavy atom. The number of nitrogens with zero attached hydrogens (tertiary/aromatic N) is 3. The number of hydrogen-bond acceptors (Lipinski definition) is 5. The molecule has 0 aliphatic carbocycles. The lowest BCUT2D eigenvalue weighted by Crippen LogP contribution is -2.30. The van der Waals surface area contributed by atoms with Crippen molar-refractivity contribution in [1.82, 2.24) is 9.97 Å². The Labute approximate surface area is 127 Å². The van der Waals surface area contributed by atoms with Gasteiger partial charge in [-0.05, 0) is 26.2 Å². The molecule has 1 atom stereocenters. The van der Waals surface area contributed by atoms with Crippen LogP contribution < -0.4 is 10.2 Å². The van der Waals surface area contributed by atoms with Crippen LogP contribution >= 0.6 is 0 Å². The van der Waals surface area contributed by atoms with E-state index >= 15 is 0 Å². The third-order valence-corrected chi connectivity index (χ3v) is 4.03. The first-order valence-electron chi connectivity index (χ1n) is 7.76. The van der Waals surface area contributed by atoms with Crippen molar-refractivity contribution in [3.8, 4) is 0 Å². The Hall–Kier alpha value is -1.36. The van der Waals surface area contributed by atoms with E-state index in [2.05, 4.69) is 36.0 Å². The Bertz CT molecular complexity index is 494. The van der Waals surface area contributed by atoms with Gasteiger partial charge in [0.05, 0.1) is 5.60 Å². The van der Waals surface area contributed by atoms with Gasteiger partial charge in [-0.2, -0.15) is 0 Å². The fraction of sp³-hybridized carbons (Fsp3) is 0.750. The highest BCUT2D eigenvalue weighted by Gasteiger charge is 2.27. The fourth-order valence-corrected chi connectivity index (χ4v) is 2.55. The molecule has 0 spiro atoms. The van der Waals surface area contributed by atoms with Crippen molar-refractivity contribution in [2.75, 3.05) is 30.4 Å². The predicted molar refractivity (Wildman–Crippen MR) is 87.0 cm³/mol. The molecule has 2 N–H and O–H groups in total. The highest BCUT2D eigenvalue weighted by molar-refractivity contribution is 5.50. The van der Waals surface area contributed by atoms with Gasteiger partial charge in [0, 0.05) is 31.6 Å². The van der Waals surface area contributed by atoms with Crippen LogP contribution in [0.3, 0.4) is 0 Å². The molecule has 2 rings (SSSR count). The van der Waals surface area contributed by atoms with Crippen LogP contribution in [-0.4, -0.2) is 40.8 Å². The summed E-state index contributed by atoms with van der Waals surface area (Å²) in [5.74, 6) is 2.65. The average molecular weight is 292 g/mol. The van der Waals surface area contributed by atoms with Crippen LogP contribution in [0.15, 0.2) is 6.07 Å². The third kappa shape index (κ3) is 4.06. The maximum atomic E-state index is 10.2. The van der Waals surface area contributed by atoms with Gasteiger partial charge < -0.3 is 15.3 Å². The minimum atomic E-state index is -0.555. The lowest BCUT2D eigenvalue weighted by atomic mass is 9.96. The van der Waals surface area contributed by atoms with Gasteiger partial charge in [0.2, 0.25) is 0 Å². The molecule has 0 saturated carbocycles. The molecule has 21 heavy (non-hydrogen) atoms. The first-order chi connectivity index (χ1) is 9.71. The van der Waals surface area contributed by atoms with Gasteiger partial charge in [0.15, 0.2) is 0 Å². The smallest absolute Gasteiger partial charge is 0.138 e. The summed E-state index contributed by atoms with van der Waals surface area (Å²) in [5.41, 5.74) is -0.639. The highest BCUT2D eigenvalue weighted by Crippen LogP contribution is 2.27. The van der Waals surface area contributed by atoms with Crippen molar-refractivity contribution in [2.45, 2.75) is 58.0 Å². The van der Waals surface area contributed by atoms with Gasteiger partial charge in [-0.25, -0.2) is 9.97 Å². The monoisotopic (exact) mass is 292 g/mol. The highest BCUT2D eigenvalue weighted by atomic mass is 16.3. The van der Waals surface area contributed by atoms with Crippen LogP contribution in [0.4, 0.5) is 11.6 Å². The molecule has 1 aromatic heterocycles. The van der Waals surface area contributed by atoms with E-state index in [0.717, 1.165) is 49.8 Å². The zero-order valence-corrected chi connectivity index (χ0v) is 13.9. The van der Waals surface area contributed by atoms with E-state index in [1.165, 1.54) is 0 Å². The Balaban J connectivity index is 2.30. The van der Waals surface area contributed by atoms with Gasteiger partial charge in [0.25, 0.3) is 0 Å². The normalized spacial score (nSPS) is 23.8. The maximum absolute atomic E-state index is 10.2. The minimum absolute atomic E-state index is 0.0844. The maximum Gasteiger partial charge on any atom is 0.138 e. The lowest BCUT2D eigenvalue weighted by Gasteiger charge is -2.26. The summed E-state index contributed by atoms with van der Waals surface area (Å²) in [6.07, 6.45) is 2.60. The first-order valence-corrected chi connectivity index (χ1v) is 7.76. The molecule has 0 amide bonds. The van der Waals surface area contributed by atoms with Gasteiger partial charge in [-0.15, -0.1) is 0 Å². The second kappa shape index (κ2) is 5.79. The fourth-order valence-electron chi connectivity index (χ4n) is 2.55.